The largest absolute Gasteiger partial charge is 0.373 e. The molecule has 0 aliphatic heterocycles. The number of rotatable bonds is 5. The third-order valence-corrected chi connectivity index (χ3v) is 4.36. The fourth-order valence-electron chi connectivity index (χ4n) is 1.96. The second-order valence-electron chi connectivity index (χ2n) is 4.90. The highest BCUT2D eigenvalue weighted by atomic mass is 32.1. The van der Waals surface area contributed by atoms with Gasteiger partial charge < -0.3 is 10.6 Å². The normalized spacial score (nSPS) is 14.4. The van der Waals surface area contributed by atoms with E-state index in [1.807, 2.05) is 13.1 Å². The van der Waals surface area contributed by atoms with Crippen LogP contribution in [0, 0.1) is 6.92 Å². The zero-order valence-corrected chi connectivity index (χ0v) is 12.0. The summed E-state index contributed by atoms with van der Waals surface area (Å²) in [5, 5.41) is 8.64. The molecule has 2 aromatic heterocycles. The number of hydrogen-bond donors (Lipinski definition) is 2. The van der Waals surface area contributed by atoms with Gasteiger partial charge >= 0.3 is 0 Å². The minimum absolute atomic E-state index is 0.567. The summed E-state index contributed by atoms with van der Waals surface area (Å²) < 4.78 is 0. The minimum atomic E-state index is 0.567. The topological polar surface area (TPSA) is 49.8 Å². The molecule has 4 nitrogen and oxygen atoms in total. The Kier molecular flexibility index (Phi) is 3.38. The van der Waals surface area contributed by atoms with Crippen LogP contribution < -0.4 is 10.6 Å². The molecule has 0 saturated heterocycles. The SMILES string of the molecule is CNc1cc(NCc2sccc2C)nc(C2CC2)n1. The van der Waals surface area contributed by atoms with Crippen LogP contribution in [-0.4, -0.2) is 17.0 Å². The number of aryl methyl sites for hydroxylation is 1. The summed E-state index contributed by atoms with van der Waals surface area (Å²) in [6.45, 7) is 2.97. The van der Waals surface area contributed by atoms with Crippen LogP contribution in [0.3, 0.4) is 0 Å². The molecule has 2 heterocycles. The van der Waals surface area contributed by atoms with Crippen molar-refractivity contribution in [2.24, 2.45) is 0 Å². The van der Waals surface area contributed by atoms with Crippen LogP contribution in [0.25, 0.3) is 0 Å². The smallest absolute Gasteiger partial charge is 0.136 e. The van der Waals surface area contributed by atoms with E-state index >= 15 is 0 Å². The van der Waals surface area contributed by atoms with Crippen molar-refractivity contribution in [3.63, 3.8) is 0 Å². The van der Waals surface area contributed by atoms with Gasteiger partial charge in [0.05, 0.1) is 6.54 Å². The van der Waals surface area contributed by atoms with Crippen molar-refractivity contribution in [3.8, 4) is 0 Å². The first-order valence-corrected chi connectivity index (χ1v) is 7.48. The molecule has 1 saturated carbocycles. The molecule has 0 spiro atoms. The average molecular weight is 274 g/mol. The average Bonchev–Trinajstić information content (AvgIpc) is 3.20. The maximum absolute atomic E-state index is 4.61. The summed E-state index contributed by atoms with van der Waals surface area (Å²) in [4.78, 5) is 10.5. The monoisotopic (exact) mass is 274 g/mol. The predicted octanol–water partition coefficient (Wildman–Crippen LogP) is 3.38. The Balaban J connectivity index is 1.76. The van der Waals surface area contributed by atoms with Crippen LogP contribution in [-0.2, 0) is 6.54 Å². The Hall–Kier alpha value is -1.62. The molecule has 19 heavy (non-hydrogen) atoms. The Morgan fingerprint density at radius 2 is 2.11 bits per heavy atom. The number of nitrogens with zero attached hydrogens (tertiary/aromatic N) is 2. The van der Waals surface area contributed by atoms with Gasteiger partial charge in [-0.3, -0.25) is 0 Å². The van der Waals surface area contributed by atoms with Crippen LogP contribution in [0.5, 0.6) is 0 Å². The van der Waals surface area contributed by atoms with Crippen molar-refractivity contribution >= 4 is 23.0 Å². The molecule has 1 fully saturated rings. The van der Waals surface area contributed by atoms with Crippen molar-refractivity contribution in [2.45, 2.75) is 32.2 Å². The van der Waals surface area contributed by atoms with Gasteiger partial charge in [0.25, 0.3) is 0 Å². The number of hydrogen-bond acceptors (Lipinski definition) is 5. The zero-order valence-electron chi connectivity index (χ0n) is 11.2. The maximum Gasteiger partial charge on any atom is 0.136 e. The molecule has 1 aliphatic rings. The van der Waals surface area contributed by atoms with E-state index in [2.05, 4.69) is 39.0 Å². The van der Waals surface area contributed by atoms with Crippen molar-refractivity contribution < 1.29 is 0 Å². The molecule has 100 valence electrons. The molecular formula is C14H18N4S. The second kappa shape index (κ2) is 5.17. The highest BCUT2D eigenvalue weighted by Gasteiger charge is 2.27. The van der Waals surface area contributed by atoms with Gasteiger partial charge in [-0.15, -0.1) is 11.3 Å². The fraction of sp³-hybridized carbons (Fsp3) is 0.429. The Morgan fingerprint density at radius 3 is 2.74 bits per heavy atom. The Morgan fingerprint density at radius 1 is 1.32 bits per heavy atom. The van der Waals surface area contributed by atoms with E-state index in [9.17, 15) is 0 Å². The van der Waals surface area contributed by atoms with Gasteiger partial charge in [-0.05, 0) is 36.8 Å². The van der Waals surface area contributed by atoms with Gasteiger partial charge in [0.2, 0.25) is 0 Å². The predicted molar refractivity (Wildman–Crippen MR) is 79.9 cm³/mol. The van der Waals surface area contributed by atoms with Gasteiger partial charge in [-0.1, -0.05) is 0 Å². The molecule has 0 unspecified atom stereocenters. The lowest BCUT2D eigenvalue weighted by Gasteiger charge is -2.09. The van der Waals surface area contributed by atoms with Crippen molar-refractivity contribution in [1.29, 1.82) is 0 Å². The van der Waals surface area contributed by atoms with E-state index < -0.39 is 0 Å². The fourth-order valence-corrected chi connectivity index (χ4v) is 2.81. The quantitative estimate of drug-likeness (QED) is 0.877. The van der Waals surface area contributed by atoms with E-state index in [1.54, 1.807) is 11.3 Å². The molecule has 5 heteroatoms. The highest BCUT2D eigenvalue weighted by Crippen LogP contribution is 2.38. The number of thiophene rings is 1. The van der Waals surface area contributed by atoms with E-state index in [4.69, 9.17) is 0 Å². The first kappa shape index (κ1) is 12.4. The van der Waals surface area contributed by atoms with Crippen LogP contribution in [0.1, 0.15) is 35.0 Å². The van der Waals surface area contributed by atoms with Crippen LogP contribution in [0.2, 0.25) is 0 Å². The van der Waals surface area contributed by atoms with Crippen LogP contribution in [0.15, 0.2) is 17.5 Å². The van der Waals surface area contributed by atoms with Gasteiger partial charge in [0, 0.05) is 23.9 Å². The highest BCUT2D eigenvalue weighted by molar-refractivity contribution is 7.10. The van der Waals surface area contributed by atoms with E-state index in [1.165, 1.54) is 23.3 Å². The lowest BCUT2D eigenvalue weighted by molar-refractivity contribution is 0.923. The van der Waals surface area contributed by atoms with Crippen molar-refractivity contribution in [1.82, 2.24) is 9.97 Å². The first-order valence-electron chi connectivity index (χ1n) is 6.60. The molecule has 2 aromatic rings. The first-order chi connectivity index (χ1) is 9.26. The summed E-state index contributed by atoms with van der Waals surface area (Å²) in [7, 11) is 1.90. The molecule has 0 radical (unpaired) electrons. The molecule has 2 N–H and O–H groups in total. The number of nitrogens with one attached hydrogen (secondary N) is 2. The zero-order chi connectivity index (χ0) is 13.2. The molecule has 0 atom stereocenters. The summed E-state index contributed by atoms with van der Waals surface area (Å²) in [6.07, 6.45) is 2.44. The summed E-state index contributed by atoms with van der Waals surface area (Å²) in [5.74, 6) is 3.34. The van der Waals surface area contributed by atoms with E-state index in [0.717, 1.165) is 24.0 Å². The Labute approximate surface area is 117 Å². The summed E-state index contributed by atoms with van der Waals surface area (Å²) >= 11 is 1.78. The van der Waals surface area contributed by atoms with Gasteiger partial charge in [-0.25, -0.2) is 9.97 Å². The Bertz CT molecular complexity index is 575. The van der Waals surface area contributed by atoms with Crippen molar-refractivity contribution in [2.75, 3.05) is 17.7 Å². The molecule has 0 aromatic carbocycles. The second-order valence-corrected chi connectivity index (χ2v) is 5.90. The number of anilines is 2. The molecule has 0 amide bonds. The molecule has 1 aliphatic carbocycles. The third-order valence-electron chi connectivity index (χ3n) is 3.34. The lowest BCUT2D eigenvalue weighted by Crippen LogP contribution is -2.06. The van der Waals surface area contributed by atoms with Gasteiger partial charge in [-0.2, -0.15) is 0 Å². The van der Waals surface area contributed by atoms with Gasteiger partial charge in [0.15, 0.2) is 0 Å². The standard InChI is InChI=1S/C14H18N4S/c1-9-5-6-19-11(9)8-16-13-7-12(15-2)17-14(18-13)10-3-4-10/h5-7,10H,3-4,8H2,1-2H3,(H2,15,16,17,18). The van der Waals surface area contributed by atoms with Crippen molar-refractivity contribution in [3.05, 3.63) is 33.8 Å². The molecule has 0 bridgehead atoms. The van der Waals surface area contributed by atoms with Crippen LogP contribution >= 0.6 is 11.3 Å². The van der Waals surface area contributed by atoms with E-state index in [-0.39, 0.29) is 0 Å². The summed E-state index contributed by atoms with van der Waals surface area (Å²) in [6, 6.07) is 4.12. The maximum atomic E-state index is 4.61. The third kappa shape index (κ3) is 2.87. The number of aromatic nitrogens is 2. The molecule has 3 rings (SSSR count). The summed E-state index contributed by atoms with van der Waals surface area (Å²) in [5.41, 5.74) is 1.34. The lowest BCUT2D eigenvalue weighted by atomic mass is 10.3. The van der Waals surface area contributed by atoms with E-state index in [0.29, 0.717) is 5.92 Å². The minimum Gasteiger partial charge on any atom is -0.373 e. The van der Waals surface area contributed by atoms with Gasteiger partial charge in [0.1, 0.15) is 17.5 Å². The van der Waals surface area contributed by atoms with Crippen LogP contribution in [0.4, 0.5) is 11.6 Å². The molecular weight excluding hydrogens is 256 g/mol.